The van der Waals surface area contributed by atoms with E-state index in [0.29, 0.717) is 36.4 Å². The van der Waals surface area contributed by atoms with E-state index in [1.807, 2.05) is 18.2 Å². The molecule has 0 N–H and O–H groups in total. The number of benzene rings is 1. The van der Waals surface area contributed by atoms with Crippen LogP contribution in [-0.2, 0) is 14.3 Å². The van der Waals surface area contributed by atoms with Crippen LogP contribution in [0.15, 0.2) is 48.2 Å². The molecule has 9 nitrogen and oxygen atoms in total. The summed E-state index contributed by atoms with van der Waals surface area (Å²) in [6.07, 6.45) is 5.08. The van der Waals surface area contributed by atoms with E-state index in [4.69, 9.17) is 9.47 Å². The lowest BCUT2D eigenvalue weighted by atomic mass is 10.0. The van der Waals surface area contributed by atoms with Crippen molar-refractivity contribution in [2.24, 2.45) is 0 Å². The fourth-order valence-corrected chi connectivity index (χ4v) is 4.35. The highest BCUT2D eigenvalue weighted by Crippen LogP contribution is 2.27. The fourth-order valence-electron chi connectivity index (χ4n) is 4.35. The maximum atomic E-state index is 12.6. The standard InChI is InChI=1S/C22H21N3O6/c26-19-13-30-10-9-23(19)14-5-7-15(8-6-14)24-11-16(31-22(24)29)12-25-20(27)17-3-1-2-4-18(17)21(25)28/h1-5,7-8,14,16H,6,9-13H2. The topological polar surface area (TPSA) is 96.5 Å². The first-order valence-electron chi connectivity index (χ1n) is 10.2. The Hall–Kier alpha value is -3.46. The van der Waals surface area contributed by atoms with Crippen molar-refractivity contribution in [3.63, 3.8) is 0 Å². The molecule has 1 aromatic rings. The maximum Gasteiger partial charge on any atom is 0.414 e. The summed E-state index contributed by atoms with van der Waals surface area (Å²) in [5, 5.41) is 0. The number of hydrogen-bond donors (Lipinski definition) is 0. The van der Waals surface area contributed by atoms with Crippen LogP contribution in [0, 0.1) is 0 Å². The summed E-state index contributed by atoms with van der Waals surface area (Å²) in [5.74, 6) is -0.783. The molecular formula is C22H21N3O6. The van der Waals surface area contributed by atoms with Crippen molar-refractivity contribution in [1.82, 2.24) is 14.7 Å². The van der Waals surface area contributed by atoms with Gasteiger partial charge in [0.2, 0.25) is 5.91 Å². The minimum atomic E-state index is -0.609. The largest absolute Gasteiger partial charge is 0.442 e. The molecule has 2 unspecified atom stereocenters. The van der Waals surface area contributed by atoms with Gasteiger partial charge in [0.05, 0.1) is 36.9 Å². The van der Waals surface area contributed by atoms with Crippen molar-refractivity contribution in [3.05, 3.63) is 59.3 Å². The van der Waals surface area contributed by atoms with E-state index >= 15 is 0 Å². The monoisotopic (exact) mass is 423 g/mol. The average molecular weight is 423 g/mol. The molecule has 0 spiro atoms. The van der Waals surface area contributed by atoms with Crippen LogP contribution in [-0.4, -0.2) is 83.5 Å². The molecule has 1 aromatic carbocycles. The highest BCUT2D eigenvalue weighted by Gasteiger charge is 2.41. The molecule has 2 saturated heterocycles. The number of imide groups is 1. The van der Waals surface area contributed by atoms with E-state index in [1.165, 1.54) is 4.90 Å². The molecule has 3 aliphatic heterocycles. The molecule has 160 valence electrons. The van der Waals surface area contributed by atoms with Gasteiger partial charge in [-0.3, -0.25) is 24.2 Å². The quantitative estimate of drug-likeness (QED) is 0.675. The molecule has 1 aliphatic carbocycles. The minimum Gasteiger partial charge on any atom is -0.442 e. The third kappa shape index (κ3) is 3.40. The Bertz CT molecular complexity index is 997. The Morgan fingerprint density at radius 2 is 1.77 bits per heavy atom. The third-order valence-electron chi connectivity index (χ3n) is 5.93. The first-order valence-corrected chi connectivity index (χ1v) is 10.2. The average Bonchev–Trinajstić information content (AvgIpc) is 3.27. The summed E-state index contributed by atoms with van der Waals surface area (Å²) in [6.45, 7) is 1.41. The van der Waals surface area contributed by atoms with Crippen molar-refractivity contribution >= 4 is 23.8 Å². The number of nitrogens with zero attached hydrogens (tertiary/aromatic N) is 3. The van der Waals surface area contributed by atoms with Crippen LogP contribution >= 0.6 is 0 Å². The molecule has 2 atom stereocenters. The fraction of sp³-hybridized carbons (Fsp3) is 0.364. The second-order valence-corrected chi connectivity index (χ2v) is 7.81. The molecule has 4 amide bonds. The molecule has 5 rings (SSSR count). The molecule has 0 aromatic heterocycles. The van der Waals surface area contributed by atoms with E-state index < -0.39 is 12.2 Å². The lowest BCUT2D eigenvalue weighted by Gasteiger charge is -2.34. The van der Waals surface area contributed by atoms with Gasteiger partial charge in [0.15, 0.2) is 0 Å². The van der Waals surface area contributed by atoms with Gasteiger partial charge in [0.25, 0.3) is 11.8 Å². The number of fused-ring (bicyclic) bond motifs is 1. The van der Waals surface area contributed by atoms with Gasteiger partial charge < -0.3 is 14.4 Å². The predicted molar refractivity (Wildman–Crippen MR) is 107 cm³/mol. The molecular weight excluding hydrogens is 402 g/mol. The van der Waals surface area contributed by atoms with Crippen molar-refractivity contribution in [2.45, 2.75) is 18.6 Å². The summed E-state index contributed by atoms with van der Waals surface area (Å²) in [6, 6.07) is 6.61. The van der Waals surface area contributed by atoms with E-state index in [-0.39, 0.29) is 43.5 Å². The van der Waals surface area contributed by atoms with Gasteiger partial charge in [0.1, 0.15) is 12.7 Å². The minimum absolute atomic E-state index is 0.0104. The predicted octanol–water partition coefficient (Wildman–Crippen LogP) is 1.17. The van der Waals surface area contributed by atoms with Crippen LogP contribution in [0.5, 0.6) is 0 Å². The molecule has 0 radical (unpaired) electrons. The van der Waals surface area contributed by atoms with Gasteiger partial charge in [-0.2, -0.15) is 0 Å². The van der Waals surface area contributed by atoms with Crippen molar-refractivity contribution < 1.29 is 28.7 Å². The van der Waals surface area contributed by atoms with Crippen molar-refractivity contribution in [1.29, 1.82) is 0 Å². The van der Waals surface area contributed by atoms with Crippen LogP contribution in [0.2, 0.25) is 0 Å². The smallest absolute Gasteiger partial charge is 0.414 e. The second kappa shape index (κ2) is 7.66. The zero-order chi connectivity index (χ0) is 21.5. The second-order valence-electron chi connectivity index (χ2n) is 7.81. The molecule has 3 heterocycles. The molecule has 2 fully saturated rings. The first-order chi connectivity index (χ1) is 15.0. The Morgan fingerprint density at radius 3 is 2.42 bits per heavy atom. The summed E-state index contributed by atoms with van der Waals surface area (Å²) in [7, 11) is 0. The summed E-state index contributed by atoms with van der Waals surface area (Å²) in [4.78, 5) is 54.0. The zero-order valence-corrected chi connectivity index (χ0v) is 16.7. The lowest BCUT2D eigenvalue weighted by molar-refractivity contribution is -0.144. The molecule has 0 saturated carbocycles. The first kappa shape index (κ1) is 19.5. The van der Waals surface area contributed by atoms with E-state index in [1.54, 1.807) is 29.2 Å². The lowest BCUT2D eigenvalue weighted by Crippen LogP contribution is -2.47. The van der Waals surface area contributed by atoms with Crippen molar-refractivity contribution in [2.75, 3.05) is 32.8 Å². The van der Waals surface area contributed by atoms with Crippen LogP contribution in [0.3, 0.4) is 0 Å². The highest BCUT2D eigenvalue weighted by atomic mass is 16.6. The normalized spacial score (nSPS) is 25.8. The van der Waals surface area contributed by atoms with Gasteiger partial charge in [-0.05, 0) is 24.6 Å². The van der Waals surface area contributed by atoms with Gasteiger partial charge in [0, 0.05) is 12.2 Å². The van der Waals surface area contributed by atoms with Crippen LogP contribution in [0.25, 0.3) is 0 Å². The van der Waals surface area contributed by atoms with E-state index in [2.05, 4.69) is 0 Å². The number of carbonyl (C=O) groups is 4. The Balaban J connectivity index is 1.22. The Labute approximate surface area is 178 Å². The molecule has 4 aliphatic rings. The summed E-state index contributed by atoms with van der Waals surface area (Å²) in [5.41, 5.74) is 1.43. The highest BCUT2D eigenvalue weighted by molar-refractivity contribution is 6.21. The number of amides is 4. The van der Waals surface area contributed by atoms with Gasteiger partial charge in [-0.1, -0.05) is 24.3 Å². The maximum absolute atomic E-state index is 12.6. The van der Waals surface area contributed by atoms with Gasteiger partial charge in [-0.15, -0.1) is 0 Å². The van der Waals surface area contributed by atoms with Gasteiger partial charge in [-0.25, -0.2) is 4.79 Å². The Morgan fingerprint density at radius 1 is 1.03 bits per heavy atom. The zero-order valence-electron chi connectivity index (χ0n) is 16.7. The third-order valence-corrected chi connectivity index (χ3v) is 5.93. The summed E-state index contributed by atoms with van der Waals surface area (Å²) < 4.78 is 10.6. The van der Waals surface area contributed by atoms with Crippen LogP contribution < -0.4 is 0 Å². The van der Waals surface area contributed by atoms with E-state index in [0.717, 1.165) is 4.90 Å². The molecule has 31 heavy (non-hydrogen) atoms. The summed E-state index contributed by atoms with van der Waals surface area (Å²) >= 11 is 0. The Kier molecular flexibility index (Phi) is 4.82. The number of carbonyl (C=O) groups excluding carboxylic acids is 4. The van der Waals surface area contributed by atoms with Crippen molar-refractivity contribution in [3.8, 4) is 0 Å². The molecule has 9 heteroatoms. The number of morpholine rings is 1. The van der Waals surface area contributed by atoms with E-state index in [9.17, 15) is 19.2 Å². The number of rotatable bonds is 4. The number of cyclic esters (lactones) is 1. The van der Waals surface area contributed by atoms with Crippen LogP contribution in [0.4, 0.5) is 4.79 Å². The molecule has 0 bridgehead atoms. The SMILES string of the molecule is O=C1OC(CN2C(=O)c3ccccc3C2=O)CN1C1=CCC(N2CCOCC2=O)C=C1. The van der Waals surface area contributed by atoms with Crippen LogP contribution in [0.1, 0.15) is 27.1 Å². The number of hydrogen-bond acceptors (Lipinski definition) is 6. The van der Waals surface area contributed by atoms with Gasteiger partial charge >= 0.3 is 6.09 Å². The number of allylic oxidation sites excluding steroid dienone is 1. The number of ether oxygens (including phenoxy) is 2.